The van der Waals surface area contributed by atoms with Crippen molar-refractivity contribution in [3.05, 3.63) is 46.3 Å². The number of halogens is 3. The zero-order chi connectivity index (χ0) is 12.3. The number of ether oxygens (including phenoxy) is 1. The summed E-state index contributed by atoms with van der Waals surface area (Å²) in [7, 11) is 0. The first kappa shape index (κ1) is 12.0. The molecule has 0 spiro atoms. The Labute approximate surface area is 106 Å². The average Bonchev–Trinajstić information content (AvgIpc) is 2.32. The topological polar surface area (TPSA) is 47.9 Å². The van der Waals surface area contributed by atoms with Crippen LogP contribution in [0.5, 0.6) is 5.88 Å². The second-order valence-electron chi connectivity index (χ2n) is 3.05. The second kappa shape index (κ2) is 5.25. The number of nitrogens with zero attached hydrogens (tertiary/aromatic N) is 3. The van der Waals surface area contributed by atoms with E-state index >= 15 is 0 Å². The molecule has 0 atom stereocenters. The van der Waals surface area contributed by atoms with Crippen LogP contribution in [0.4, 0.5) is 4.39 Å². The van der Waals surface area contributed by atoms with Gasteiger partial charge in [-0.2, -0.15) is 9.37 Å². The summed E-state index contributed by atoms with van der Waals surface area (Å²) in [6.07, 6.45) is 2.42. The van der Waals surface area contributed by atoms with Gasteiger partial charge in [-0.3, -0.25) is 4.98 Å². The Morgan fingerprint density at radius 2 is 2.00 bits per heavy atom. The minimum atomic E-state index is -0.677. The molecule has 88 valence electrons. The minimum absolute atomic E-state index is 0.0709. The van der Waals surface area contributed by atoms with Gasteiger partial charge in [0.1, 0.15) is 6.61 Å². The van der Waals surface area contributed by atoms with Gasteiger partial charge in [-0.1, -0.05) is 11.6 Å². The molecule has 0 aromatic carbocycles. The molecule has 2 rings (SSSR count). The Kier molecular flexibility index (Phi) is 3.71. The van der Waals surface area contributed by atoms with Crippen LogP contribution in [0.15, 0.2) is 24.5 Å². The molecule has 0 unspecified atom stereocenters. The number of hydrogen-bond donors (Lipinski definition) is 0. The van der Waals surface area contributed by atoms with Crippen molar-refractivity contribution in [3.8, 4) is 5.88 Å². The summed E-state index contributed by atoms with van der Waals surface area (Å²) in [5.74, 6) is -0.884. The van der Waals surface area contributed by atoms with E-state index in [1.54, 1.807) is 12.1 Å². The van der Waals surface area contributed by atoms with Gasteiger partial charge in [0.15, 0.2) is 0 Å². The maximum Gasteiger partial charge on any atom is 0.255 e. The first-order valence-electron chi connectivity index (χ1n) is 4.56. The average molecular weight is 274 g/mol. The lowest BCUT2D eigenvalue weighted by Crippen LogP contribution is -2.02. The van der Waals surface area contributed by atoms with E-state index < -0.39 is 5.82 Å². The third kappa shape index (κ3) is 3.25. The fraction of sp³-hybridized carbons (Fsp3) is 0.100. The highest BCUT2D eigenvalue weighted by molar-refractivity contribution is 6.30. The van der Waals surface area contributed by atoms with Crippen molar-refractivity contribution in [1.82, 2.24) is 15.0 Å². The van der Waals surface area contributed by atoms with Crippen LogP contribution in [0.2, 0.25) is 10.3 Å². The van der Waals surface area contributed by atoms with Crippen molar-refractivity contribution in [1.29, 1.82) is 0 Å². The molecule has 0 fully saturated rings. The van der Waals surface area contributed by atoms with Crippen molar-refractivity contribution in [2.24, 2.45) is 0 Å². The predicted molar refractivity (Wildman–Crippen MR) is 60.6 cm³/mol. The summed E-state index contributed by atoms with van der Waals surface area (Å²) in [6, 6.07) is 3.33. The van der Waals surface area contributed by atoms with Crippen LogP contribution >= 0.6 is 23.2 Å². The van der Waals surface area contributed by atoms with Crippen molar-refractivity contribution in [3.63, 3.8) is 0 Å². The molecule has 0 saturated heterocycles. The predicted octanol–water partition coefficient (Wildman–Crippen LogP) is 2.90. The fourth-order valence-corrected chi connectivity index (χ4v) is 1.30. The highest BCUT2D eigenvalue weighted by Gasteiger charge is 2.07. The number of hydrogen-bond acceptors (Lipinski definition) is 4. The van der Waals surface area contributed by atoms with Gasteiger partial charge in [-0.15, -0.1) is 0 Å². The fourth-order valence-electron chi connectivity index (χ4n) is 1.07. The summed E-state index contributed by atoms with van der Waals surface area (Å²) in [5, 5.41) is 0.440. The molecule has 2 heterocycles. The SMILES string of the molecule is Fc1cnc(Cl)nc1OCc1ccc(Cl)cn1. The van der Waals surface area contributed by atoms with Crippen LogP contribution in [-0.4, -0.2) is 15.0 Å². The molecule has 0 aliphatic rings. The van der Waals surface area contributed by atoms with Gasteiger partial charge in [0, 0.05) is 6.20 Å². The Hall–Kier alpha value is -1.46. The Balaban J connectivity index is 2.07. The first-order chi connectivity index (χ1) is 8.15. The van der Waals surface area contributed by atoms with Gasteiger partial charge < -0.3 is 4.74 Å². The van der Waals surface area contributed by atoms with E-state index in [1.807, 2.05) is 0 Å². The monoisotopic (exact) mass is 273 g/mol. The third-order valence-corrected chi connectivity index (χ3v) is 2.23. The van der Waals surface area contributed by atoms with Crippen molar-refractivity contribution >= 4 is 23.2 Å². The maximum atomic E-state index is 13.2. The Bertz CT molecular complexity index is 521. The number of pyridine rings is 1. The second-order valence-corrected chi connectivity index (χ2v) is 3.82. The van der Waals surface area contributed by atoms with E-state index in [1.165, 1.54) is 6.20 Å². The Morgan fingerprint density at radius 1 is 1.18 bits per heavy atom. The van der Waals surface area contributed by atoms with Crippen LogP contribution < -0.4 is 4.74 Å². The van der Waals surface area contributed by atoms with Gasteiger partial charge in [0.25, 0.3) is 5.88 Å². The van der Waals surface area contributed by atoms with Gasteiger partial charge in [-0.05, 0) is 23.7 Å². The standard InChI is InChI=1S/C10H6Cl2FN3O/c11-6-1-2-7(14-3-6)5-17-9-8(13)4-15-10(12)16-9/h1-4H,5H2. The van der Waals surface area contributed by atoms with Crippen molar-refractivity contribution in [2.45, 2.75) is 6.61 Å². The smallest absolute Gasteiger partial charge is 0.255 e. The van der Waals surface area contributed by atoms with Gasteiger partial charge >= 0.3 is 0 Å². The van der Waals surface area contributed by atoms with E-state index in [9.17, 15) is 4.39 Å². The first-order valence-corrected chi connectivity index (χ1v) is 5.32. The molecule has 7 heteroatoms. The van der Waals surface area contributed by atoms with E-state index in [-0.39, 0.29) is 17.8 Å². The highest BCUT2D eigenvalue weighted by atomic mass is 35.5. The van der Waals surface area contributed by atoms with Gasteiger partial charge in [0.05, 0.1) is 16.9 Å². The molecule has 0 aliphatic carbocycles. The van der Waals surface area contributed by atoms with Gasteiger partial charge in [0.2, 0.25) is 11.1 Å². The van der Waals surface area contributed by atoms with E-state index in [0.29, 0.717) is 10.7 Å². The van der Waals surface area contributed by atoms with Crippen LogP contribution in [0, 0.1) is 5.82 Å². The summed E-state index contributed by atoms with van der Waals surface area (Å²) >= 11 is 11.2. The van der Waals surface area contributed by atoms with Gasteiger partial charge in [-0.25, -0.2) is 4.98 Å². The summed E-state index contributed by atoms with van der Waals surface area (Å²) < 4.78 is 18.3. The van der Waals surface area contributed by atoms with Crippen LogP contribution in [-0.2, 0) is 6.61 Å². The maximum absolute atomic E-state index is 13.2. The minimum Gasteiger partial charge on any atom is -0.469 e. The quantitative estimate of drug-likeness (QED) is 0.807. The molecule has 0 saturated carbocycles. The van der Waals surface area contributed by atoms with E-state index in [4.69, 9.17) is 27.9 Å². The molecule has 0 bridgehead atoms. The lowest BCUT2D eigenvalue weighted by atomic mass is 10.4. The zero-order valence-electron chi connectivity index (χ0n) is 8.40. The summed E-state index contributed by atoms with van der Waals surface area (Å²) in [6.45, 7) is 0.0709. The highest BCUT2D eigenvalue weighted by Crippen LogP contribution is 2.16. The molecule has 0 N–H and O–H groups in total. The van der Waals surface area contributed by atoms with E-state index in [2.05, 4.69) is 15.0 Å². The Morgan fingerprint density at radius 3 is 2.71 bits per heavy atom. The lowest BCUT2D eigenvalue weighted by molar-refractivity contribution is 0.272. The number of aromatic nitrogens is 3. The molecule has 0 amide bonds. The van der Waals surface area contributed by atoms with Crippen LogP contribution in [0.1, 0.15) is 5.69 Å². The van der Waals surface area contributed by atoms with E-state index in [0.717, 1.165) is 6.20 Å². The third-order valence-electron chi connectivity index (χ3n) is 1.83. The molecule has 17 heavy (non-hydrogen) atoms. The largest absolute Gasteiger partial charge is 0.469 e. The molecular weight excluding hydrogens is 268 g/mol. The lowest BCUT2D eigenvalue weighted by Gasteiger charge is -2.05. The van der Waals surface area contributed by atoms with Crippen molar-refractivity contribution < 1.29 is 9.13 Å². The molecule has 2 aromatic heterocycles. The zero-order valence-corrected chi connectivity index (χ0v) is 9.91. The molecule has 2 aromatic rings. The number of rotatable bonds is 3. The molecule has 4 nitrogen and oxygen atoms in total. The summed E-state index contributed by atoms with van der Waals surface area (Å²) in [4.78, 5) is 11.1. The van der Waals surface area contributed by atoms with Crippen molar-refractivity contribution in [2.75, 3.05) is 0 Å². The molecular formula is C10H6Cl2FN3O. The normalized spacial score (nSPS) is 10.3. The molecule has 0 radical (unpaired) electrons. The van der Waals surface area contributed by atoms with Crippen LogP contribution in [0.3, 0.4) is 0 Å². The van der Waals surface area contributed by atoms with Crippen LogP contribution in [0.25, 0.3) is 0 Å². The summed E-state index contributed by atoms with van der Waals surface area (Å²) in [5.41, 5.74) is 0.600. The molecule has 0 aliphatic heterocycles.